The van der Waals surface area contributed by atoms with Crippen LogP contribution in [0.1, 0.15) is 27.6 Å². The number of rotatable bonds is 3. The van der Waals surface area contributed by atoms with E-state index in [1.165, 1.54) is 6.92 Å². The molecule has 3 rings (SSSR count). The summed E-state index contributed by atoms with van der Waals surface area (Å²) in [6.07, 6.45) is 0. The summed E-state index contributed by atoms with van der Waals surface area (Å²) in [5, 5.41) is 4.74. The maximum Gasteiger partial charge on any atom is 0.256 e. The van der Waals surface area contributed by atoms with Crippen molar-refractivity contribution < 1.29 is 9.59 Å². The second-order valence-electron chi connectivity index (χ2n) is 5.08. The first-order valence-corrected chi connectivity index (χ1v) is 7.06. The number of ketones is 1. The number of benzene rings is 3. The lowest BCUT2D eigenvalue weighted by Crippen LogP contribution is -2.14. The molecule has 3 heteroatoms. The zero-order chi connectivity index (χ0) is 15.5. The van der Waals surface area contributed by atoms with E-state index in [0.29, 0.717) is 16.8 Å². The van der Waals surface area contributed by atoms with Gasteiger partial charge in [-0.3, -0.25) is 9.59 Å². The maximum atomic E-state index is 12.6. The van der Waals surface area contributed by atoms with E-state index < -0.39 is 0 Å². The first-order chi connectivity index (χ1) is 10.7. The molecular formula is C19H15NO2. The third kappa shape index (κ3) is 2.61. The van der Waals surface area contributed by atoms with Crippen LogP contribution < -0.4 is 5.32 Å². The minimum atomic E-state index is -0.217. The first kappa shape index (κ1) is 14.0. The van der Waals surface area contributed by atoms with Crippen LogP contribution in [-0.4, -0.2) is 11.7 Å². The molecule has 0 spiro atoms. The van der Waals surface area contributed by atoms with Crippen molar-refractivity contribution in [3.8, 4) is 0 Å². The zero-order valence-corrected chi connectivity index (χ0v) is 12.2. The molecule has 0 saturated heterocycles. The number of hydrogen-bond acceptors (Lipinski definition) is 2. The van der Waals surface area contributed by atoms with Crippen molar-refractivity contribution in [2.75, 3.05) is 5.32 Å². The summed E-state index contributed by atoms with van der Waals surface area (Å²) in [5.74, 6) is -0.292. The standard InChI is InChI=1S/C19H15NO2/c1-13(21)15-9-4-5-12-18(15)20-19(22)17-11-6-8-14-7-2-3-10-16(14)17/h2-12H,1H3,(H,20,22). The summed E-state index contributed by atoms with van der Waals surface area (Å²) in [6, 6.07) is 20.4. The number of fused-ring (bicyclic) bond motifs is 1. The summed E-state index contributed by atoms with van der Waals surface area (Å²) < 4.78 is 0. The van der Waals surface area contributed by atoms with Crippen LogP contribution in [0, 0.1) is 0 Å². The molecule has 0 aliphatic carbocycles. The van der Waals surface area contributed by atoms with Gasteiger partial charge in [0.25, 0.3) is 5.91 Å². The van der Waals surface area contributed by atoms with Crippen molar-refractivity contribution in [1.82, 2.24) is 0 Å². The van der Waals surface area contributed by atoms with Crippen molar-refractivity contribution in [3.05, 3.63) is 77.9 Å². The monoisotopic (exact) mass is 289 g/mol. The molecule has 3 aromatic rings. The van der Waals surface area contributed by atoms with E-state index in [2.05, 4.69) is 5.32 Å². The number of Topliss-reactive ketones (excluding diaryl/α,β-unsaturated/α-hetero) is 1. The topological polar surface area (TPSA) is 46.2 Å². The number of hydrogen-bond donors (Lipinski definition) is 1. The normalized spacial score (nSPS) is 10.4. The van der Waals surface area contributed by atoms with Crippen molar-refractivity contribution in [2.24, 2.45) is 0 Å². The van der Waals surface area contributed by atoms with Gasteiger partial charge < -0.3 is 5.32 Å². The number of carbonyl (C=O) groups is 2. The van der Waals surface area contributed by atoms with Gasteiger partial charge in [-0.2, -0.15) is 0 Å². The van der Waals surface area contributed by atoms with E-state index >= 15 is 0 Å². The number of amides is 1. The lowest BCUT2D eigenvalue weighted by Gasteiger charge is -2.10. The Kier molecular flexibility index (Phi) is 3.71. The molecule has 1 N–H and O–H groups in total. The molecule has 3 aromatic carbocycles. The quantitative estimate of drug-likeness (QED) is 0.731. The van der Waals surface area contributed by atoms with Crippen molar-refractivity contribution in [1.29, 1.82) is 0 Å². The van der Waals surface area contributed by atoms with Gasteiger partial charge in [0.1, 0.15) is 0 Å². The van der Waals surface area contributed by atoms with E-state index in [4.69, 9.17) is 0 Å². The molecule has 108 valence electrons. The Morgan fingerprint density at radius 1 is 0.773 bits per heavy atom. The highest BCUT2D eigenvalue weighted by Gasteiger charge is 2.13. The molecule has 1 amide bonds. The second kappa shape index (κ2) is 5.82. The fourth-order valence-electron chi connectivity index (χ4n) is 2.51. The molecule has 0 aliphatic rings. The molecule has 0 saturated carbocycles. The number of carbonyl (C=O) groups excluding carboxylic acids is 2. The van der Waals surface area contributed by atoms with Gasteiger partial charge in [0, 0.05) is 11.1 Å². The molecular weight excluding hydrogens is 274 g/mol. The fourth-order valence-corrected chi connectivity index (χ4v) is 2.51. The van der Waals surface area contributed by atoms with Gasteiger partial charge in [-0.05, 0) is 35.9 Å². The predicted molar refractivity (Wildman–Crippen MR) is 88.3 cm³/mol. The number of anilines is 1. The van der Waals surface area contributed by atoms with Gasteiger partial charge in [-0.25, -0.2) is 0 Å². The smallest absolute Gasteiger partial charge is 0.256 e. The maximum absolute atomic E-state index is 12.6. The Labute approximate surface area is 128 Å². The Bertz CT molecular complexity index is 863. The summed E-state index contributed by atoms with van der Waals surface area (Å²) in [4.78, 5) is 24.2. The third-order valence-corrected chi connectivity index (χ3v) is 3.59. The number of para-hydroxylation sites is 1. The molecule has 0 heterocycles. The van der Waals surface area contributed by atoms with E-state index in [0.717, 1.165) is 10.8 Å². The van der Waals surface area contributed by atoms with Crippen LogP contribution in [0.15, 0.2) is 66.7 Å². The van der Waals surface area contributed by atoms with Crippen LogP contribution in [0.5, 0.6) is 0 Å². The number of nitrogens with one attached hydrogen (secondary N) is 1. The molecule has 0 fully saturated rings. The van der Waals surface area contributed by atoms with Gasteiger partial charge in [0.15, 0.2) is 5.78 Å². The lowest BCUT2D eigenvalue weighted by atomic mass is 10.0. The van der Waals surface area contributed by atoms with Gasteiger partial charge in [-0.15, -0.1) is 0 Å². The van der Waals surface area contributed by atoms with Crippen LogP contribution in [0.3, 0.4) is 0 Å². The summed E-state index contributed by atoms with van der Waals surface area (Å²) >= 11 is 0. The summed E-state index contributed by atoms with van der Waals surface area (Å²) in [7, 11) is 0. The van der Waals surface area contributed by atoms with Gasteiger partial charge in [0.05, 0.1) is 5.69 Å². The van der Waals surface area contributed by atoms with Gasteiger partial charge >= 0.3 is 0 Å². The molecule has 22 heavy (non-hydrogen) atoms. The largest absolute Gasteiger partial charge is 0.321 e. The Morgan fingerprint density at radius 3 is 2.23 bits per heavy atom. The SMILES string of the molecule is CC(=O)c1ccccc1NC(=O)c1cccc2ccccc12. The first-order valence-electron chi connectivity index (χ1n) is 7.06. The zero-order valence-electron chi connectivity index (χ0n) is 12.2. The van der Waals surface area contributed by atoms with E-state index in [9.17, 15) is 9.59 Å². The fraction of sp³-hybridized carbons (Fsp3) is 0.0526. The van der Waals surface area contributed by atoms with Gasteiger partial charge in [0.2, 0.25) is 0 Å². The molecule has 0 bridgehead atoms. The Morgan fingerprint density at radius 2 is 1.41 bits per heavy atom. The van der Waals surface area contributed by atoms with Crippen molar-refractivity contribution in [2.45, 2.75) is 6.92 Å². The molecule has 0 aliphatic heterocycles. The molecule has 0 aromatic heterocycles. The summed E-state index contributed by atoms with van der Waals surface area (Å²) in [6.45, 7) is 1.49. The minimum absolute atomic E-state index is 0.0752. The Hall–Kier alpha value is -2.94. The highest BCUT2D eigenvalue weighted by atomic mass is 16.1. The molecule has 3 nitrogen and oxygen atoms in total. The summed E-state index contributed by atoms with van der Waals surface area (Å²) in [5.41, 5.74) is 1.64. The highest BCUT2D eigenvalue weighted by Crippen LogP contribution is 2.21. The van der Waals surface area contributed by atoms with Crippen LogP contribution in [0.4, 0.5) is 5.69 Å². The second-order valence-corrected chi connectivity index (χ2v) is 5.08. The highest BCUT2D eigenvalue weighted by molar-refractivity contribution is 6.14. The van der Waals surface area contributed by atoms with E-state index in [1.54, 1.807) is 30.3 Å². The molecule has 0 unspecified atom stereocenters. The van der Waals surface area contributed by atoms with Crippen molar-refractivity contribution in [3.63, 3.8) is 0 Å². The average Bonchev–Trinajstić information content (AvgIpc) is 2.54. The van der Waals surface area contributed by atoms with E-state index in [-0.39, 0.29) is 11.7 Å². The molecule has 0 radical (unpaired) electrons. The van der Waals surface area contributed by atoms with Gasteiger partial charge in [-0.1, -0.05) is 48.5 Å². The van der Waals surface area contributed by atoms with Crippen LogP contribution >= 0.6 is 0 Å². The predicted octanol–water partition coefficient (Wildman–Crippen LogP) is 4.29. The van der Waals surface area contributed by atoms with Crippen LogP contribution in [0.25, 0.3) is 10.8 Å². The lowest BCUT2D eigenvalue weighted by molar-refractivity contribution is 0.101. The van der Waals surface area contributed by atoms with Crippen molar-refractivity contribution >= 4 is 28.2 Å². The minimum Gasteiger partial charge on any atom is -0.321 e. The third-order valence-electron chi connectivity index (χ3n) is 3.59. The van der Waals surface area contributed by atoms with Crippen LogP contribution in [0.2, 0.25) is 0 Å². The van der Waals surface area contributed by atoms with E-state index in [1.807, 2.05) is 36.4 Å². The average molecular weight is 289 g/mol. The molecule has 0 atom stereocenters. The Balaban J connectivity index is 2.00. The van der Waals surface area contributed by atoms with Crippen LogP contribution in [-0.2, 0) is 0 Å².